The number of carboxylic acids is 1. The van der Waals surface area contributed by atoms with E-state index in [1.54, 1.807) is 0 Å². The average molecular weight is 476 g/mol. The Bertz CT molecular complexity index is 1240. The number of rotatable bonds is 5. The van der Waals surface area contributed by atoms with Crippen LogP contribution in [0, 0.1) is 0 Å². The first kappa shape index (κ1) is 22.7. The van der Waals surface area contributed by atoms with E-state index in [1.807, 2.05) is 36.4 Å². The zero-order valence-corrected chi connectivity index (χ0v) is 18.8. The summed E-state index contributed by atoms with van der Waals surface area (Å²) in [4.78, 5) is 38.1. The number of amides is 2. The van der Waals surface area contributed by atoms with E-state index in [2.05, 4.69) is 17.4 Å². The van der Waals surface area contributed by atoms with Gasteiger partial charge in [-0.05, 0) is 22.3 Å². The lowest BCUT2D eigenvalue weighted by Gasteiger charge is -2.34. The van der Waals surface area contributed by atoms with E-state index in [0.717, 1.165) is 22.3 Å². The van der Waals surface area contributed by atoms with Crippen molar-refractivity contribution in [1.29, 1.82) is 0 Å². The molecule has 1 aromatic heterocycles. The Balaban J connectivity index is 1.23. The number of nitrogens with one attached hydrogen (secondary N) is 1. The molecule has 9 nitrogen and oxygen atoms in total. The second kappa shape index (κ2) is 8.92. The average Bonchev–Trinajstić information content (AvgIpc) is 3.45. The zero-order chi connectivity index (χ0) is 24.6. The van der Waals surface area contributed by atoms with Gasteiger partial charge in [0.1, 0.15) is 6.61 Å². The number of carboxylic acid groups (broad SMARTS) is 1. The third-order valence-electron chi connectivity index (χ3n) is 6.72. The molecule has 3 N–H and O–H groups in total. The van der Waals surface area contributed by atoms with E-state index in [1.165, 1.54) is 17.2 Å². The monoisotopic (exact) mass is 476 g/mol. The lowest BCUT2D eigenvalue weighted by atomic mass is 9.91. The second-order valence-electron chi connectivity index (χ2n) is 8.74. The van der Waals surface area contributed by atoms with Gasteiger partial charge in [-0.2, -0.15) is 0 Å². The van der Waals surface area contributed by atoms with Gasteiger partial charge in [0, 0.05) is 37.9 Å². The molecule has 2 heterocycles. The summed E-state index contributed by atoms with van der Waals surface area (Å²) >= 11 is 0. The van der Waals surface area contributed by atoms with Crippen molar-refractivity contribution in [3.8, 4) is 11.1 Å². The van der Waals surface area contributed by atoms with Gasteiger partial charge in [-0.15, -0.1) is 0 Å². The molecule has 2 aliphatic rings. The number of aliphatic carboxylic acids is 1. The first-order valence-corrected chi connectivity index (χ1v) is 11.3. The van der Waals surface area contributed by atoms with Crippen LogP contribution in [0.4, 0.5) is 10.5 Å². The summed E-state index contributed by atoms with van der Waals surface area (Å²) in [5, 5.41) is 21.8. The molecule has 1 saturated heterocycles. The highest BCUT2D eigenvalue weighted by atomic mass is 16.5. The van der Waals surface area contributed by atoms with E-state index < -0.39 is 23.6 Å². The van der Waals surface area contributed by atoms with Gasteiger partial charge in [0.25, 0.3) is 5.91 Å². The van der Waals surface area contributed by atoms with Crippen molar-refractivity contribution in [3.05, 3.63) is 77.7 Å². The minimum Gasteiger partial charge on any atom is -0.479 e. The quantitative estimate of drug-likeness (QED) is 0.512. The number of carbonyl (C=O) groups excluding carboxylic acids is 2. The third-order valence-corrected chi connectivity index (χ3v) is 6.72. The lowest BCUT2D eigenvalue weighted by Crippen LogP contribution is -2.50. The van der Waals surface area contributed by atoms with Crippen molar-refractivity contribution in [2.24, 2.45) is 0 Å². The topological polar surface area (TPSA) is 129 Å². The van der Waals surface area contributed by atoms with Crippen LogP contribution in [-0.4, -0.2) is 58.4 Å². The highest BCUT2D eigenvalue weighted by Crippen LogP contribution is 2.44. The smallest absolute Gasteiger partial charge is 0.411 e. The van der Waals surface area contributed by atoms with Crippen molar-refractivity contribution in [1.82, 2.24) is 4.90 Å². The van der Waals surface area contributed by atoms with Gasteiger partial charge in [-0.25, -0.2) is 9.59 Å². The normalized spacial score (nSPS) is 16.3. The number of ether oxygens (including phenoxy) is 1. The van der Waals surface area contributed by atoms with Crippen molar-refractivity contribution >= 4 is 23.7 Å². The Morgan fingerprint density at radius 3 is 2.20 bits per heavy atom. The Hall–Kier alpha value is -4.11. The van der Waals surface area contributed by atoms with E-state index in [4.69, 9.17) is 14.3 Å². The number of piperidine rings is 1. The fourth-order valence-electron chi connectivity index (χ4n) is 4.75. The molecule has 1 aliphatic carbocycles. The minimum absolute atomic E-state index is 0.0483. The first-order chi connectivity index (χ1) is 16.9. The second-order valence-corrected chi connectivity index (χ2v) is 8.74. The van der Waals surface area contributed by atoms with Crippen LogP contribution in [0.25, 0.3) is 11.1 Å². The van der Waals surface area contributed by atoms with Crippen molar-refractivity contribution in [2.45, 2.75) is 24.4 Å². The van der Waals surface area contributed by atoms with Crippen molar-refractivity contribution < 1.29 is 33.8 Å². The van der Waals surface area contributed by atoms with Crippen LogP contribution in [-0.2, 0) is 9.53 Å². The largest absolute Gasteiger partial charge is 0.479 e. The van der Waals surface area contributed by atoms with Crippen LogP contribution in [0.1, 0.15) is 40.4 Å². The Morgan fingerprint density at radius 2 is 1.60 bits per heavy atom. The number of aliphatic hydroxyl groups is 1. The summed E-state index contributed by atoms with van der Waals surface area (Å²) in [6, 6.07) is 17.5. The number of hydrogen-bond donors (Lipinski definition) is 3. The molecule has 0 saturated carbocycles. The molecular weight excluding hydrogens is 452 g/mol. The summed E-state index contributed by atoms with van der Waals surface area (Å²) in [5.41, 5.74) is 2.74. The molecule has 3 aromatic rings. The van der Waals surface area contributed by atoms with Gasteiger partial charge < -0.3 is 24.3 Å². The van der Waals surface area contributed by atoms with Gasteiger partial charge >= 0.3 is 12.1 Å². The molecule has 0 atom stereocenters. The molecule has 9 heteroatoms. The molecule has 5 rings (SSSR count). The summed E-state index contributed by atoms with van der Waals surface area (Å²) in [7, 11) is 0. The molecule has 1 fully saturated rings. The maximum atomic E-state index is 12.9. The first-order valence-electron chi connectivity index (χ1n) is 11.3. The lowest BCUT2D eigenvalue weighted by molar-refractivity contribution is -0.162. The van der Waals surface area contributed by atoms with E-state index >= 15 is 0 Å². The molecule has 35 heavy (non-hydrogen) atoms. The summed E-state index contributed by atoms with van der Waals surface area (Å²) in [6.45, 7) is 0.223. The molecule has 0 bridgehead atoms. The van der Waals surface area contributed by atoms with Crippen molar-refractivity contribution in [2.75, 3.05) is 25.0 Å². The highest BCUT2D eigenvalue weighted by molar-refractivity contribution is 6.00. The molecule has 2 aromatic carbocycles. The standard InChI is InChI=1S/C26H24N2O7/c29-23(28-12-10-26(33,11-13-28)24(30)31)22-21(9-14-34-22)27-25(32)35-15-20-18-7-3-1-5-16(18)17-6-2-4-8-19(17)20/h1-9,14,20,33H,10-13,15H2,(H,27,32)(H,30,31). The van der Waals surface area contributed by atoms with Crippen molar-refractivity contribution in [3.63, 3.8) is 0 Å². The molecular formula is C26H24N2O7. The molecule has 0 unspecified atom stereocenters. The number of carbonyl (C=O) groups is 3. The molecule has 0 radical (unpaired) electrons. The Labute approximate surface area is 200 Å². The third kappa shape index (κ3) is 4.15. The predicted molar refractivity (Wildman–Crippen MR) is 125 cm³/mol. The van der Waals surface area contributed by atoms with Crippen LogP contribution in [0.2, 0.25) is 0 Å². The SMILES string of the molecule is O=C(Nc1ccoc1C(=O)N1CCC(O)(C(=O)O)CC1)OCC1c2ccccc2-c2ccccc21. The van der Waals surface area contributed by atoms with Gasteiger partial charge in [0.05, 0.1) is 12.0 Å². The van der Waals surface area contributed by atoms with Crippen LogP contribution in [0.15, 0.2) is 65.3 Å². The number of fused-ring (bicyclic) bond motifs is 3. The number of hydrogen-bond acceptors (Lipinski definition) is 6. The van der Waals surface area contributed by atoms with E-state index in [-0.39, 0.29) is 49.9 Å². The summed E-state index contributed by atoms with van der Waals surface area (Å²) < 4.78 is 10.8. The number of likely N-dealkylation sites (tertiary alicyclic amines) is 1. The van der Waals surface area contributed by atoms with E-state index in [0.29, 0.717) is 0 Å². The summed E-state index contributed by atoms with van der Waals surface area (Å²) in [5.74, 6) is -1.99. The minimum atomic E-state index is -1.84. The highest BCUT2D eigenvalue weighted by Gasteiger charge is 2.41. The zero-order valence-electron chi connectivity index (χ0n) is 18.8. The predicted octanol–water partition coefficient (Wildman–Crippen LogP) is 3.69. The molecule has 2 amide bonds. The van der Waals surface area contributed by atoms with Crippen LogP contribution < -0.4 is 5.32 Å². The number of furan rings is 1. The van der Waals surface area contributed by atoms with Crippen LogP contribution in [0.3, 0.4) is 0 Å². The maximum absolute atomic E-state index is 12.9. The molecule has 180 valence electrons. The molecule has 0 spiro atoms. The number of benzene rings is 2. The van der Waals surface area contributed by atoms with Gasteiger partial charge in [-0.1, -0.05) is 48.5 Å². The van der Waals surface area contributed by atoms with Gasteiger partial charge in [-0.3, -0.25) is 10.1 Å². The van der Waals surface area contributed by atoms with Gasteiger partial charge in [0.15, 0.2) is 5.60 Å². The maximum Gasteiger partial charge on any atom is 0.411 e. The Kier molecular flexibility index (Phi) is 5.78. The number of anilines is 1. The van der Waals surface area contributed by atoms with Crippen LogP contribution in [0.5, 0.6) is 0 Å². The summed E-state index contributed by atoms with van der Waals surface area (Å²) in [6.07, 6.45) is 0.374. The van der Waals surface area contributed by atoms with Crippen LogP contribution >= 0.6 is 0 Å². The fourth-order valence-corrected chi connectivity index (χ4v) is 4.75. The fraction of sp³-hybridized carbons (Fsp3) is 0.269. The van der Waals surface area contributed by atoms with Gasteiger partial charge in [0.2, 0.25) is 5.76 Å². The molecule has 1 aliphatic heterocycles. The van der Waals surface area contributed by atoms with E-state index in [9.17, 15) is 19.5 Å². The number of nitrogens with zero attached hydrogens (tertiary/aromatic N) is 1. The Morgan fingerprint density at radius 1 is 1.00 bits per heavy atom.